The molecule has 4 heteroatoms. The lowest BCUT2D eigenvalue weighted by atomic mass is 10.1. The van der Waals surface area contributed by atoms with E-state index in [9.17, 15) is 9.59 Å². The average molecular weight is 310 g/mol. The molecular formula is C19H18O4. The molecule has 2 rings (SSSR count). The number of hydrogen-bond donors (Lipinski definition) is 0. The van der Waals surface area contributed by atoms with E-state index in [1.54, 1.807) is 31.2 Å². The normalized spacial score (nSPS) is 10.5. The van der Waals surface area contributed by atoms with E-state index in [1.165, 1.54) is 7.11 Å². The second kappa shape index (κ2) is 7.94. The summed E-state index contributed by atoms with van der Waals surface area (Å²) in [5.74, 6) is -0.670. The van der Waals surface area contributed by atoms with Gasteiger partial charge in [-0.2, -0.15) is 0 Å². The molecule has 4 nitrogen and oxygen atoms in total. The van der Waals surface area contributed by atoms with E-state index in [0.717, 1.165) is 11.1 Å². The molecule has 23 heavy (non-hydrogen) atoms. The maximum absolute atomic E-state index is 11.6. The van der Waals surface area contributed by atoms with Crippen molar-refractivity contribution in [1.82, 2.24) is 0 Å². The van der Waals surface area contributed by atoms with Crippen molar-refractivity contribution in [3.8, 4) is 0 Å². The monoisotopic (exact) mass is 310 g/mol. The zero-order valence-electron chi connectivity index (χ0n) is 13.1. The van der Waals surface area contributed by atoms with Crippen molar-refractivity contribution in [2.75, 3.05) is 13.7 Å². The maximum Gasteiger partial charge on any atom is 0.338 e. The van der Waals surface area contributed by atoms with Crippen molar-refractivity contribution in [2.24, 2.45) is 0 Å². The molecule has 0 fully saturated rings. The zero-order chi connectivity index (χ0) is 16.7. The van der Waals surface area contributed by atoms with Gasteiger partial charge in [-0.25, -0.2) is 9.59 Å². The summed E-state index contributed by atoms with van der Waals surface area (Å²) in [4.78, 5) is 22.9. The summed E-state index contributed by atoms with van der Waals surface area (Å²) < 4.78 is 9.60. The molecule has 118 valence electrons. The van der Waals surface area contributed by atoms with Gasteiger partial charge < -0.3 is 9.47 Å². The fourth-order valence-corrected chi connectivity index (χ4v) is 1.99. The van der Waals surface area contributed by atoms with Crippen molar-refractivity contribution < 1.29 is 19.1 Å². The third kappa shape index (κ3) is 4.54. The highest BCUT2D eigenvalue weighted by Crippen LogP contribution is 2.12. The summed E-state index contributed by atoms with van der Waals surface area (Å²) in [6, 6.07) is 14.3. The number of benzene rings is 2. The molecule has 0 unspecified atom stereocenters. The Hall–Kier alpha value is -2.88. The van der Waals surface area contributed by atoms with E-state index in [1.807, 2.05) is 36.4 Å². The number of methoxy groups -OCH3 is 1. The molecule has 0 aromatic heterocycles. The van der Waals surface area contributed by atoms with Gasteiger partial charge in [0.25, 0.3) is 0 Å². The molecule has 0 saturated carbocycles. The van der Waals surface area contributed by atoms with Crippen molar-refractivity contribution in [3.63, 3.8) is 0 Å². The lowest BCUT2D eigenvalue weighted by molar-refractivity contribution is 0.0525. The Morgan fingerprint density at radius 1 is 0.826 bits per heavy atom. The molecule has 0 heterocycles. The van der Waals surface area contributed by atoms with Crippen LogP contribution in [-0.4, -0.2) is 25.7 Å². The minimum Gasteiger partial charge on any atom is -0.465 e. The summed E-state index contributed by atoms with van der Waals surface area (Å²) in [6.45, 7) is 2.14. The Bertz CT molecular complexity index is 697. The minimum absolute atomic E-state index is 0.318. The van der Waals surface area contributed by atoms with E-state index in [-0.39, 0.29) is 11.9 Å². The van der Waals surface area contributed by atoms with E-state index in [4.69, 9.17) is 4.74 Å². The Kier molecular flexibility index (Phi) is 5.69. The second-order valence-corrected chi connectivity index (χ2v) is 4.79. The molecule has 0 aliphatic carbocycles. The molecule has 2 aromatic carbocycles. The topological polar surface area (TPSA) is 52.6 Å². The fraction of sp³-hybridized carbons (Fsp3) is 0.158. The van der Waals surface area contributed by atoms with Crippen LogP contribution in [0.1, 0.15) is 38.8 Å². The van der Waals surface area contributed by atoms with Crippen LogP contribution in [0.5, 0.6) is 0 Å². The Morgan fingerprint density at radius 2 is 1.26 bits per heavy atom. The van der Waals surface area contributed by atoms with Crippen molar-refractivity contribution in [2.45, 2.75) is 6.92 Å². The largest absolute Gasteiger partial charge is 0.465 e. The van der Waals surface area contributed by atoms with Gasteiger partial charge in [0.1, 0.15) is 0 Å². The molecule has 0 bridgehead atoms. The molecule has 2 aromatic rings. The van der Waals surface area contributed by atoms with Crippen LogP contribution in [0.15, 0.2) is 48.5 Å². The van der Waals surface area contributed by atoms with Crippen molar-refractivity contribution >= 4 is 24.1 Å². The number of ether oxygens (including phenoxy) is 2. The van der Waals surface area contributed by atoms with Crippen LogP contribution in [0, 0.1) is 0 Å². The lowest BCUT2D eigenvalue weighted by Crippen LogP contribution is -2.03. The Balaban J connectivity index is 2.05. The summed E-state index contributed by atoms with van der Waals surface area (Å²) in [7, 11) is 1.36. The highest BCUT2D eigenvalue weighted by atomic mass is 16.5. The highest BCUT2D eigenvalue weighted by molar-refractivity contribution is 5.90. The van der Waals surface area contributed by atoms with Gasteiger partial charge in [0.05, 0.1) is 24.8 Å². The van der Waals surface area contributed by atoms with Crippen LogP contribution in [0.25, 0.3) is 12.2 Å². The molecule has 0 N–H and O–H groups in total. The molecular weight excluding hydrogens is 292 g/mol. The lowest BCUT2D eigenvalue weighted by Gasteiger charge is -2.02. The highest BCUT2D eigenvalue weighted by Gasteiger charge is 2.05. The van der Waals surface area contributed by atoms with Gasteiger partial charge in [-0.3, -0.25) is 0 Å². The first-order valence-electron chi connectivity index (χ1n) is 7.27. The van der Waals surface area contributed by atoms with Crippen LogP contribution in [0.4, 0.5) is 0 Å². The van der Waals surface area contributed by atoms with Crippen LogP contribution < -0.4 is 0 Å². The van der Waals surface area contributed by atoms with Gasteiger partial charge in [0, 0.05) is 0 Å². The molecule has 0 aliphatic rings. The van der Waals surface area contributed by atoms with Gasteiger partial charge in [-0.05, 0) is 42.3 Å². The first-order chi connectivity index (χ1) is 11.1. The van der Waals surface area contributed by atoms with E-state index >= 15 is 0 Å². The van der Waals surface area contributed by atoms with Crippen LogP contribution >= 0.6 is 0 Å². The Morgan fingerprint density at radius 3 is 1.65 bits per heavy atom. The summed E-state index contributed by atoms with van der Waals surface area (Å²) >= 11 is 0. The van der Waals surface area contributed by atoms with Crippen molar-refractivity contribution in [3.05, 3.63) is 70.8 Å². The summed E-state index contributed by atoms with van der Waals surface area (Å²) in [6.07, 6.45) is 3.86. The number of carbonyl (C=O) groups is 2. The third-order valence-corrected chi connectivity index (χ3v) is 3.22. The first-order valence-corrected chi connectivity index (χ1v) is 7.27. The standard InChI is InChI=1S/C19H18O4/c1-3-23-19(21)17-12-8-15(9-13-17)5-4-14-6-10-16(11-7-14)18(20)22-2/h4-13H,3H2,1-2H3. The number of hydrogen-bond acceptors (Lipinski definition) is 4. The molecule has 0 radical (unpaired) electrons. The molecule has 0 saturated heterocycles. The summed E-state index contributed by atoms with van der Waals surface area (Å²) in [5, 5.41) is 0. The van der Waals surface area contributed by atoms with E-state index in [0.29, 0.717) is 17.7 Å². The van der Waals surface area contributed by atoms with Gasteiger partial charge >= 0.3 is 11.9 Å². The summed E-state index contributed by atoms with van der Waals surface area (Å²) in [5.41, 5.74) is 2.98. The minimum atomic E-state index is -0.352. The fourth-order valence-electron chi connectivity index (χ4n) is 1.99. The predicted molar refractivity (Wildman–Crippen MR) is 89.1 cm³/mol. The van der Waals surface area contributed by atoms with Gasteiger partial charge in [-0.15, -0.1) is 0 Å². The van der Waals surface area contributed by atoms with Gasteiger partial charge in [0.15, 0.2) is 0 Å². The second-order valence-electron chi connectivity index (χ2n) is 4.79. The quantitative estimate of drug-likeness (QED) is 0.622. The SMILES string of the molecule is CCOC(=O)c1ccc(C=Cc2ccc(C(=O)OC)cc2)cc1. The Labute approximate surface area is 135 Å². The zero-order valence-corrected chi connectivity index (χ0v) is 13.1. The number of esters is 2. The molecule has 0 atom stereocenters. The third-order valence-electron chi connectivity index (χ3n) is 3.22. The van der Waals surface area contributed by atoms with Crippen molar-refractivity contribution in [1.29, 1.82) is 0 Å². The first kappa shape index (κ1) is 16.5. The van der Waals surface area contributed by atoms with Crippen LogP contribution in [-0.2, 0) is 9.47 Å². The molecule has 0 amide bonds. The van der Waals surface area contributed by atoms with E-state index in [2.05, 4.69) is 4.74 Å². The van der Waals surface area contributed by atoms with Gasteiger partial charge in [0.2, 0.25) is 0 Å². The smallest absolute Gasteiger partial charge is 0.338 e. The number of carbonyl (C=O) groups excluding carboxylic acids is 2. The molecule has 0 aliphatic heterocycles. The van der Waals surface area contributed by atoms with Crippen LogP contribution in [0.3, 0.4) is 0 Å². The van der Waals surface area contributed by atoms with E-state index < -0.39 is 0 Å². The van der Waals surface area contributed by atoms with Crippen LogP contribution in [0.2, 0.25) is 0 Å². The maximum atomic E-state index is 11.6. The number of rotatable bonds is 5. The predicted octanol–water partition coefficient (Wildman–Crippen LogP) is 3.82. The van der Waals surface area contributed by atoms with Gasteiger partial charge in [-0.1, -0.05) is 36.4 Å². The average Bonchev–Trinajstić information content (AvgIpc) is 2.60. The molecule has 0 spiro atoms.